The van der Waals surface area contributed by atoms with Crippen molar-refractivity contribution in [3.8, 4) is 11.5 Å². The van der Waals surface area contributed by atoms with Gasteiger partial charge in [0.15, 0.2) is 11.5 Å². The molecule has 0 aromatic heterocycles. The molecule has 0 spiro atoms. The maximum absolute atomic E-state index is 12.5. The van der Waals surface area contributed by atoms with Crippen LogP contribution in [0.5, 0.6) is 11.5 Å². The number of aryl methyl sites for hydroxylation is 1. The Hall–Kier alpha value is -3.12. The third-order valence-electron chi connectivity index (χ3n) is 4.26. The monoisotopic (exact) mass is 412 g/mol. The second-order valence-electron chi connectivity index (χ2n) is 6.86. The first-order chi connectivity index (χ1) is 14.4. The van der Waals surface area contributed by atoms with Crippen LogP contribution in [-0.2, 0) is 22.4 Å². The summed E-state index contributed by atoms with van der Waals surface area (Å²) in [5, 5.41) is 9.17. The molecule has 0 saturated carbocycles. The van der Waals surface area contributed by atoms with E-state index in [1.807, 2.05) is 12.1 Å². The third-order valence-corrected chi connectivity index (χ3v) is 4.26. The van der Waals surface area contributed by atoms with E-state index < -0.39 is 11.9 Å². The fourth-order valence-corrected chi connectivity index (χ4v) is 2.70. The molecule has 0 aliphatic rings. The van der Waals surface area contributed by atoms with Crippen molar-refractivity contribution >= 4 is 11.9 Å². The predicted molar refractivity (Wildman–Crippen MR) is 114 cm³/mol. The van der Waals surface area contributed by atoms with Crippen LogP contribution in [0.15, 0.2) is 54.6 Å². The van der Waals surface area contributed by atoms with Crippen molar-refractivity contribution in [3.63, 3.8) is 0 Å². The van der Waals surface area contributed by atoms with Gasteiger partial charge in [0.1, 0.15) is 13.2 Å². The molecule has 0 aliphatic carbocycles. The minimum atomic E-state index is -0.495. The maximum atomic E-state index is 12.5. The van der Waals surface area contributed by atoms with Gasteiger partial charge in [-0.25, -0.2) is 9.59 Å². The lowest BCUT2D eigenvalue weighted by Crippen LogP contribution is -2.14. The Morgan fingerprint density at radius 2 is 1.67 bits per heavy atom. The van der Waals surface area contributed by atoms with Gasteiger partial charge in [-0.05, 0) is 55.2 Å². The van der Waals surface area contributed by atoms with Crippen molar-refractivity contribution in [3.05, 3.63) is 71.3 Å². The highest BCUT2D eigenvalue weighted by Crippen LogP contribution is 2.29. The Labute approximate surface area is 177 Å². The normalized spacial score (nSPS) is 10.4. The fourth-order valence-electron chi connectivity index (χ4n) is 2.70. The molecule has 0 atom stereocenters. The maximum Gasteiger partial charge on any atom is 0.343 e. The van der Waals surface area contributed by atoms with Crippen LogP contribution in [0, 0.1) is 0 Å². The molecular formula is C24H28O6. The molecule has 0 aliphatic heterocycles. The molecule has 2 aromatic carbocycles. The van der Waals surface area contributed by atoms with Gasteiger partial charge >= 0.3 is 11.9 Å². The lowest BCUT2D eigenvalue weighted by Gasteiger charge is -2.13. The molecule has 1 N–H and O–H groups in total. The molecule has 160 valence electrons. The number of rotatable bonds is 11. The van der Waals surface area contributed by atoms with Gasteiger partial charge in [-0.1, -0.05) is 38.1 Å². The molecule has 0 amide bonds. The summed E-state index contributed by atoms with van der Waals surface area (Å²) < 4.78 is 16.2. The molecule has 0 radical (unpaired) electrons. The summed E-state index contributed by atoms with van der Waals surface area (Å²) in [6.07, 6.45) is 2.43. The number of carbonyl (C=O) groups excluding carboxylic acids is 2. The molecule has 2 aromatic rings. The molecule has 6 heteroatoms. The van der Waals surface area contributed by atoms with Crippen LogP contribution < -0.4 is 9.47 Å². The number of carbonyl (C=O) groups is 2. The van der Waals surface area contributed by atoms with Crippen LogP contribution in [0.4, 0.5) is 0 Å². The third kappa shape index (κ3) is 7.04. The summed E-state index contributed by atoms with van der Waals surface area (Å²) in [7, 11) is 0. The molecule has 2 rings (SSSR count). The predicted octanol–water partition coefficient (Wildman–Crippen LogP) is 3.89. The molecule has 0 unspecified atom stereocenters. The van der Waals surface area contributed by atoms with E-state index in [0.29, 0.717) is 23.3 Å². The van der Waals surface area contributed by atoms with Crippen molar-refractivity contribution in [2.75, 3.05) is 19.8 Å². The molecule has 30 heavy (non-hydrogen) atoms. The van der Waals surface area contributed by atoms with Crippen LogP contribution in [-0.4, -0.2) is 36.9 Å². The lowest BCUT2D eigenvalue weighted by atomic mass is 10.1. The second-order valence-corrected chi connectivity index (χ2v) is 6.86. The Bertz CT molecular complexity index is 870. The van der Waals surface area contributed by atoms with Crippen molar-refractivity contribution in [2.24, 2.45) is 0 Å². The number of esters is 2. The largest absolute Gasteiger partial charge is 0.486 e. The Balaban J connectivity index is 2.08. The van der Waals surface area contributed by atoms with Gasteiger partial charge in [0.25, 0.3) is 0 Å². The summed E-state index contributed by atoms with van der Waals surface area (Å²) in [6, 6.07) is 12.4. The van der Waals surface area contributed by atoms with E-state index in [-0.39, 0.29) is 25.6 Å². The van der Waals surface area contributed by atoms with Crippen LogP contribution in [0.25, 0.3) is 0 Å². The molecule has 0 saturated heterocycles. The van der Waals surface area contributed by atoms with Crippen molar-refractivity contribution < 1.29 is 28.9 Å². The van der Waals surface area contributed by atoms with E-state index >= 15 is 0 Å². The number of aliphatic hydroxyl groups is 1. The van der Waals surface area contributed by atoms with Gasteiger partial charge in [0.05, 0.1) is 5.56 Å². The van der Waals surface area contributed by atoms with Crippen LogP contribution >= 0.6 is 0 Å². The topological polar surface area (TPSA) is 82.1 Å². The van der Waals surface area contributed by atoms with E-state index in [1.165, 1.54) is 0 Å². The highest BCUT2D eigenvalue weighted by atomic mass is 16.6. The summed E-state index contributed by atoms with van der Waals surface area (Å²) in [6.45, 7) is 7.28. The van der Waals surface area contributed by atoms with E-state index in [9.17, 15) is 9.59 Å². The van der Waals surface area contributed by atoms with Gasteiger partial charge in [-0.2, -0.15) is 0 Å². The fraction of sp³-hybridized carbons (Fsp3) is 0.333. The standard InChI is InChI=1S/C24H28O6/c1-4-5-18-6-9-20(10-7-18)24(27)30-21-11-8-19(12-13-25)16-22(21)28-14-15-29-23(26)17(2)3/h6-11,16,25H,2,4-5,12-15H2,1,3H3. The molecular weight excluding hydrogens is 384 g/mol. The van der Waals surface area contributed by atoms with Gasteiger partial charge in [0.2, 0.25) is 0 Å². The van der Waals surface area contributed by atoms with E-state index in [4.69, 9.17) is 19.3 Å². The number of aliphatic hydroxyl groups excluding tert-OH is 1. The first-order valence-corrected chi connectivity index (χ1v) is 9.95. The van der Waals surface area contributed by atoms with Gasteiger partial charge in [-0.15, -0.1) is 0 Å². The average Bonchev–Trinajstić information content (AvgIpc) is 2.73. The summed E-state index contributed by atoms with van der Waals surface area (Å²) >= 11 is 0. The zero-order valence-electron chi connectivity index (χ0n) is 17.5. The number of ether oxygens (including phenoxy) is 3. The Morgan fingerprint density at radius 3 is 2.30 bits per heavy atom. The summed E-state index contributed by atoms with van der Waals surface area (Å²) in [5.41, 5.74) is 2.74. The number of benzene rings is 2. The highest BCUT2D eigenvalue weighted by molar-refractivity contribution is 5.91. The summed E-state index contributed by atoms with van der Waals surface area (Å²) in [4.78, 5) is 24.0. The quantitative estimate of drug-likeness (QED) is 0.261. The average molecular weight is 412 g/mol. The molecule has 0 fully saturated rings. The SMILES string of the molecule is C=C(C)C(=O)OCCOc1cc(CCO)ccc1OC(=O)c1ccc(CCC)cc1. The van der Waals surface area contributed by atoms with Crippen LogP contribution in [0.2, 0.25) is 0 Å². The van der Waals surface area contributed by atoms with Crippen LogP contribution in [0.3, 0.4) is 0 Å². The van der Waals surface area contributed by atoms with Gasteiger partial charge in [-0.3, -0.25) is 0 Å². The Kier molecular flexibility index (Phi) is 9.09. The summed E-state index contributed by atoms with van der Waals surface area (Å²) in [5.74, 6) is -0.397. The van der Waals surface area contributed by atoms with Gasteiger partial charge in [0, 0.05) is 12.2 Å². The zero-order chi connectivity index (χ0) is 21.9. The molecule has 0 heterocycles. The molecule has 6 nitrogen and oxygen atoms in total. The minimum absolute atomic E-state index is 0.0150. The zero-order valence-corrected chi connectivity index (χ0v) is 17.5. The molecule has 0 bridgehead atoms. The van der Waals surface area contributed by atoms with Crippen molar-refractivity contribution in [1.29, 1.82) is 0 Å². The highest BCUT2D eigenvalue weighted by Gasteiger charge is 2.14. The first kappa shape index (κ1) is 23.2. The van der Waals surface area contributed by atoms with Crippen LogP contribution in [0.1, 0.15) is 41.8 Å². The minimum Gasteiger partial charge on any atom is -0.486 e. The van der Waals surface area contributed by atoms with Gasteiger partial charge < -0.3 is 19.3 Å². The van der Waals surface area contributed by atoms with Crippen molar-refractivity contribution in [1.82, 2.24) is 0 Å². The van der Waals surface area contributed by atoms with E-state index in [1.54, 1.807) is 37.3 Å². The first-order valence-electron chi connectivity index (χ1n) is 9.95. The second kappa shape index (κ2) is 11.8. The number of hydrogen-bond acceptors (Lipinski definition) is 6. The van der Waals surface area contributed by atoms with E-state index in [0.717, 1.165) is 24.0 Å². The Morgan fingerprint density at radius 1 is 0.967 bits per heavy atom. The van der Waals surface area contributed by atoms with Crippen molar-refractivity contribution in [2.45, 2.75) is 33.1 Å². The smallest absolute Gasteiger partial charge is 0.343 e. The lowest BCUT2D eigenvalue weighted by molar-refractivity contribution is -0.139. The number of hydrogen-bond donors (Lipinski definition) is 1. The van der Waals surface area contributed by atoms with E-state index in [2.05, 4.69) is 13.5 Å².